The van der Waals surface area contributed by atoms with Crippen molar-refractivity contribution in [2.24, 2.45) is 5.73 Å². The quantitative estimate of drug-likeness (QED) is 0.796. The summed E-state index contributed by atoms with van der Waals surface area (Å²) in [5.74, 6) is -0.493. The number of ether oxygens (including phenoxy) is 1. The molecule has 1 aromatic carbocycles. The van der Waals surface area contributed by atoms with E-state index < -0.39 is 5.97 Å². The van der Waals surface area contributed by atoms with Crippen LogP contribution in [0.4, 0.5) is 5.69 Å². The second-order valence-electron chi connectivity index (χ2n) is 5.11. The Morgan fingerprint density at radius 3 is 2.32 bits per heavy atom. The molecule has 19 heavy (non-hydrogen) atoms. The van der Waals surface area contributed by atoms with Crippen LogP contribution in [0.2, 0.25) is 0 Å². The van der Waals surface area contributed by atoms with Crippen molar-refractivity contribution in [3.05, 3.63) is 29.8 Å². The van der Waals surface area contributed by atoms with Gasteiger partial charge in [-0.25, -0.2) is 4.79 Å². The first-order valence-electron chi connectivity index (χ1n) is 6.09. The summed E-state index contributed by atoms with van der Waals surface area (Å²) in [6, 6.07) is 6.54. The number of hydrogen-bond donors (Lipinski definition) is 2. The maximum atomic E-state index is 11.7. The molecule has 5 nitrogen and oxygen atoms in total. The van der Waals surface area contributed by atoms with E-state index in [1.54, 1.807) is 24.3 Å². The molecule has 0 saturated carbocycles. The van der Waals surface area contributed by atoms with Crippen LogP contribution in [0, 0.1) is 0 Å². The molecule has 0 heterocycles. The lowest BCUT2D eigenvalue weighted by Crippen LogP contribution is -2.33. The molecule has 104 valence electrons. The predicted octanol–water partition coefficient (Wildman–Crippen LogP) is 1.93. The number of rotatable bonds is 5. The van der Waals surface area contributed by atoms with Crippen molar-refractivity contribution in [1.82, 2.24) is 0 Å². The van der Waals surface area contributed by atoms with Crippen LogP contribution in [-0.2, 0) is 9.53 Å². The second-order valence-corrected chi connectivity index (χ2v) is 5.11. The van der Waals surface area contributed by atoms with Gasteiger partial charge in [0.05, 0.1) is 12.7 Å². The van der Waals surface area contributed by atoms with Crippen LogP contribution in [0.1, 0.15) is 37.0 Å². The molecule has 0 aliphatic heterocycles. The van der Waals surface area contributed by atoms with Crippen LogP contribution in [0.25, 0.3) is 0 Å². The van der Waals surface area contributed by atoms with E-state index in [1.165, 1.54) is 7.11 Å². The Balaban J connectivity index is 2.54. The largest absolute Gasteiger partial charge is 0.465 e. The van der Waals surface area contributed by atoms with Gasteiger partial charge < -0.3 is 15.8 Å². The van der Waals surface area contributed by atoms with E-state index in [0.29, 0.717) is 24.1 Å². The second kappa shape index (κ2) is 6.33. The molecule has 0 radical (unpaired) electrons. The zero-order chi connectivity index (χ0) is 14.5. The smallest absolute Gasteiger partial charge is 0.337 e. The van der Waals surface area contributed by atoms with E-state index in [0.717, 1.165) is 0 Å². The van der Waals surface area contributed by atoms with Gasteiger partial charge >= 0.3 is 5.97 Å². The van der Waals surface area contributed by atoms with Gasteiger partial charge in [0.15, 0.2) is 0 Å². The molecule has 1 aromatic rings. The van der Waals surface area contributed by atoms with E-state index in [1.807, 2.05) is 13.8 Å². The molecule has 0 atom stereocenters. The molecule has 0 spiro atoms. The van der Waals surface area contributed by atoms with Crippen molar-refractivity contribution in [3.8, 4) is 0 Å². The molecule has 0 saturated heterocycles. The van der Waals surface area contributed by atoms with E-state index in [9.17, 15) is 9.59 Å². The molecular formula is C14H20N2O3. The number of esters is 1. The van der Waals surface area contributed by atoms with Gasteiger partial charge in [0, 0.05) is 17.6 Å². The van der Waals surface area contributed by atoms with Crippen LogP contribution in [-0.4, -0.2) is 24.5 Å². The molecule has 0 aliphatic rings. The number of carbonyl (C=O) groups is 2. The Bertz CT molecular complexity index is 447. The number of nitrogens with two attached hydrogens (primary N) is 1. The average molecular weight is 264 g/mol. The van der Waals surface area contributed by atoms with E-state index in [2.05, 4.69) is 10.1 Å². The fourth-order valence-corrected chi connectivity index (χ4v) is 1.47. The third-order valence-corrected chi connectivity index (χ3v) is 2.59. The van der Waals surface area contributed by atoms with Crippen LogP contribution < -0.4 is 11.1 Å². The standard InChI is InChI=1S/C14H20N2O3/c1-14(2,15)9-8-12(17)16-11-6-4-10(5-7-11)13(18)19-3/h4-7H,8-9,15H2,1-3H3,(H,16,17). The Kier molecular flexibility index (Phi) is 5.06. The van der Waals surface area contributed by atoms with Gasteiger partial charge in [0.2, 0.25) is 5.91 Å². The van der Waals surface area contributed by atoms with Crippen LogP contribution in [0.15, 0.2) is 24.3 Å². The van der Waals surface area contributed by atoms with Gasteiger partial charge in [0.25, 0.3) is 0 Å². The van der Waals surface area contributed by atoms with E-state index in [4.69, 9.17) is 5.73 Å². The van der Waals surface area contributed by atoms with Crippen LogP contribution in [0.5, 0.6) is 0 Å². The number of amides is 1. The molecule has 1 amide bonds. The molecule has 0 unspecified atom stereocenters. The number of methoxy groups -OCH3 is 1. The fourth-order valence-electron chi connectivity index (χ4n) is 1.47. The number of nitrogens with one attached hydrogen (secondary N) is 1. The summed E-state index contributed by atoms with van der Waals surface area (Å²) in [6.45, 7) is 3.76. The molecule has 0 fully saturated rings. The third kappa shape index (κ3) is 5.52. The first-order chi connectivity index (χ1) is 8.81. The zero-order valence-corrected chi connectivity index (χ0v) is 11.5. The summed E-state index contributed by atoms with van der Waals surface area (Å²) in [4.78, 5) is 22.9. The van der Waals surface area contributed by atoms with Crippen LogP contribution in [0.3, 0.4) is 0 Å². The summed E-state index contributed by atoms with van der Waals surface area (Å²) in [5.41, 5.74) is 6.55. The highest BCUT2D eigenvalue weighted by Gasteiger charge is 2.13. The van der Waals surface area contributed by atoms with Crippen molar-refractivity contribution in [2.45, 2.75) is 32.2 Å². The van der Waals surface area contributed by atoms with Gasteiger partial charge in [-0.3, -0.25) is 4.79 Å². The maximum absolute atomic E-state index is 11.7. The summed E-state index contributed by atoms with van der Waals surface area (Å²) in [6.07, 6.45) is 0.974. The molecule has 0 bridgehead atoms. The van der Waals surface area contributed by atoms with Gasteiger partial charge in [-0.05, 0) is 44.5 Å². The van der Waals surface area contributed by atoms with Crippen LogP contribution >= 0.6 is 0 Å². The first-order valence-corrected chi connectivity index (χ1v) is 6.09. The van der Waals surface area contributed by atoms with Gasteiger partial charge in [-0.15, -0.1) is 0 Å². The molecule has 5 heteroatoms. The lowest BCUT2D eigenvalue weighted by atomic mass is 10.00. The number of carbonyl (C=O) groups excluding carboxylic acids is 2. The number of benzene rings is 1. The van der Waals surface area contributed by atoms with E-state index >= 15 is 0 Å². The minimum atomic E-state index is -0.400. The SMILES string of the molecule is COC(=O)c1ccc(NC(=O)CCC(C)(C)N)cc1. The fraction of sp³-hybridized carbons (Fsp3) is 0.429. The summed E-state index contributed by atoms with van der Waals surface area (Å²) >= 11 is 0. The molecular weight excluding hydrogens is 244 g/mol. The zero-order valence-electron chi connectivity index (χ0n) is 11.5. The highest BCUT2D eigenvalue weighted by Crippen LogP contribution is 2.12. The van der Waals surface area contributed by atoms with Crippen molar-refractivity contribution in [1.29, 1.82) is 0 Å². The lowest BCUT2D eigenvalue weighted by Gasteiger charge is -2.17. The Morgan fingerprint density at radius 2 is 1.84 bits per heavy atom. The number of hydrogen-bond acceptors (Lipinski definition) is 4. The molecule has 1 rings (SSSR count). The minimum absolute atomic E-state index is 0.0932. The monoisotopic (exact) mass is 264 g/mol. The Morgan fingerprint density at radius 1 is 1.26 bits per heavy atom. The average Bonchev–Trinajstić information content (AvgIpc) is 2.35. The predicted molar refractivity (Wildman–Crippen MR) is 73.9 cm³/mol. The van der Waals surface area contributed by atoms with Gasteiger partial charge in [-0.2, -0.15) is 0 Å². The summed E-state index contributed by atoms with van der Waals surface area (Å²) < 4.78 is 4.59. The minimum Gasteiger partial charge on any atom is -0.465 e. The first kappa shape index (κ1) is 15.2. The van der Waals surface area contributed by atoms with Crippen molar-refractivity contribution >= 4 is 17.6 Å². The van der Waals surface area contributed by atoms with Gasteiger partial charge in [-0.1, -0.05) is 0 Å². The maximum Gasteiger partial charge on any atom is 0.337 e. The highest BCUT2D eigenvalue weighted by atomic mass is 16.5. The summed E-state index contributed by atoms with van der Waals surface area (Å²) in [5, 5.41) is 2.75. The normalized spacial score (nSPS) is 10.9. The van der Waals surface area contributed by atoms with Crippen molar-refractivity contribution in [3.63, 3.8) is 0 Å². The summed E-state index contributed by atoms with van der Waals surface area (Å²) in [7, 11) is 1.33. The topological polar surface area (TPSA) is 81.4 Å². The Hall–Kier alpha value is -1.88. The molecule has 0 aromatic heterocycles. The van der Waals surface area contributed by atoms with Crippen molar-refractivity contribution in [2.75, 3.05) is 12.4 Å². The lowest BCUT2D eigenvalue weighted by molar-refractivity contribution is -0.116. The Labute approximate surface area is 113 Å². The molecule has 3 N–H and O–H groups in total. The van der Waals surface area contributed by atoms with E-state index in [-0.39, 0.29) is 11.4 Å². The van der Waals surface area contributed by atoms with Gasteiger partial charge in [0.1, 0.15) is 0 Å². The van der Waals surface area contributed by atoms with Crippen molar-refractivity contribution < 1.29 is 14.3 Å². The third-order valence-electron chi connectivity index (χ3n) is 2.59. The molecule has 0 aliphatic carbocycles. The highest BCUT2D eigenvalue weighted by molar-refractivity contribution is 5.93. The number of anilines is 1.